The SMILES string of the molecule is N/C(=N\C(=N/Cc1ccccc1)c1c(-c2ccc3c(c2)oc2ccccc23)ccc2ccccc12)c1ccccc1. The molecule has 1 heterocycles. The van der Waals surface area contributed by atoms with Gasteiger partial charge in [0.1, 0.15) is 17.0 Å². The molecule has 41 heavy (non-hydrogen) atoms. The third-order valence-corrected chi connectivity index (χ3v) is 7.39. The number of nitrogens with two attached hydrogens (primary N) is 1. The Kier molecular flexibility index (Phi) is 6.34. The Morgan fingerprint density at radius 1 is 0.610 bits per heavy atom. The highest BCUT2D eigenvalue weighted by atomic mass is 16.3. The minimum atomic E-state index is 0.420. The molecule has 6 aromatic carbocycles. The molecule has 4 heteroatoms. The number of hydrogen-bond acceptors (Lipinski definition) is 2. The van der Waals surface area contributed by atoms with Crippen LogP contribution in [0.25, 0.3) is 43.8 Å². The van der Waals surface area contributed by atoms with E-state index in [1.54, 1.807) is 0 Å². The van der Waals surface area contributed by atoms with E-state index in [9.17, 15) is 0 Å². The average molecular weight is 530 g/mol. The average Bonchev–Trinajstić information content (AvgIpc) is 3.41. The summed E-state index contributed by atoms with van der Waals surface area (Å²) in [7, 11) is 0. The van der Waals surface area contributed by atoms with Crippen LogP contribution in [0.4, 0.5) is 0 Å². The molecular weight excluding hydrogens is 502 g/mol. The van der Waals surface area contributed by atoms with Crippen LogP contribution < -0.4 is 5.73 Å². The standard InChI is InChI=1S/C37H27N3O/c38-36(27-14-5-2-6-15-27)40-37(39-24-25-11-3-1-4-12-25)35-29-16-8-7-13-26(29)19-21-30(35)28-20-22-32-31-17-9-10-18-33(31)41-34(32)23-28/h1-23H,24H2,(H2,38,39,40). The minimum Gasteiger partial charge on any atom is -0.456 e. The van der Waals surface area contributed by atoms with Gasteiger partial charge in [0.05, 0.1) is 6.54 Å². The zero-order valence-electron chi connectivity index (χ0n) is 22.4. The van der Waals surface area contributed by atoms with Gasteiger partial charge in [-0.25, -0.2) is 4.99 Å². The highest BCUT2D eigenvalue weighted by Crippen LogP contribution is 2.36. The van der Waals surface area contributed by atoms with E-state index >= 15 is 0 Å². The molecule has 1 aromatic heterocycles. The van der Waals surface area contributed by atoms with Crippen LogP contribution in [0, 0.1) is 0 Å². The fraction of sp³-hybridized carbons (Fsp3) is 0.0270. The molecule has 0 radical (unpaired) electrons. The van der Waals surface area contributed by atoms with Gasteiger partial charge in [-0.2, -0.15) is 0 Å². The molecule has 0 fully saturated rings. The summed E-state index contributed by atoms with van der Waals surface area (Å²) in [6.45, 7) is 0.479. The highest BCUT2D eigenvalue weighted by Gasteiger charge is 2.17. The summed E-state index contributed by atoms with van der Waals surface area (Å²) in [5.74, 6) is 1.01. The second-order valence-electron chi connectivity index (χ2n) is 10.0. The van der Waals surface area contributed by atoms with Gasteiger partial charge < -0.3 is 10.2 Å². The maximum Gasteiger partial charge on any atom is 0.158 e. The van der Waals surface area contributed by atoms with Crippen molar-refractivity contribution in [3.8, 4) is 11.1 Å². The monoisotopic (exact) mass is 529 g/mol. The van der Waals surface area contributed by atoms with E-state index in [0.717, 1.165) is 60.5 Å². The van der Waals surface area contributed by atoms with Gasteiger partial charge in [-0.15, -0.1) is 0 Å². The first kappa shape index (κ1) is 24.6. The van der Waals surface area contributed by atoms with E-state index < -0.39 is 0 Å². The molecule has 0 bridgehead atoms. The lowest BCUT2D eigenvalue weighted by atomic mass is 9.92. The summed E-state index contributed by atoms with van der Waals surface area (Å²) in [4.78, 5) is 10.1. The summed E-state index contributed by atoms with van der Waals surface area (Å²) < 4.78 is 6.25. The van der Waals surface area contributed by atoms with Crippen LogP contribution in [0.5, 0.6) is 0 Å². The summed E-state index contributed by atoms with van der Waals surface area (Å²) >= 11 is 0. The molecule has 7 rings (SSSR count). The van der Waals surface area contributed by atoms with Crippen molar-refractivity contribution in [1.29, 1.82) is 0 Å². The summed E-state index contributed by atoms with van der Waals surface area (Å²) in [5.41, 5.74) is 13.3. The molecule has 2 N–H and O–H groups in total. The number of fused-ring (bicyclic) bond motifs is 4. The van der Waals surface area contributed by atoms with Crippen LogP contribution in [0.2, 0.25) is 0 Å². The smallest absolute Gasteiger partial charge is 0.158 e. The van der Waals surface area contributed by atoms with E-state index in [2.05, 4.69) is 72.8 Å². The van der Waals surface area contributed by atoms with Gasteiger partial charge in [0, 0.05) is 21.9 Å². The lowest BCUT2D eigenvalue weighted by Gasteiger charge is -2.15. The first-order valence-corrected chi connectivity index (χ1v) is 13.7. The van der Waals surface area contributed by atoms with Crippen molar-refractivity contribution in [3.05, 3.63) is 156 Å². The fourth-order valence-corrected chi connectivity index (χ4v) is 5.35. The predicted molar refractivity (Wildman–Crippen MR) is 171 cm³/mol. The normalized spacial score (nSPS) is 12.4. The molecule has 0 aliphatic heterocycles. The molecule has 7 aromatic rings. The van der Waals surface area contributed by atoms with Gasteiger partial charge >= 0.3 is 0 Å². The maximum atomic E-state index is 6.61. The molecule has 0 aliphatic rings. The first-order valence-electron chi connectivity index (χ1n) is 13.7. The topological polar surface area (TPSA) is 63.9 Å². The van der Waals surface area contributed by atoms with E-state index in [1.165, 1.54) is 0 Å². The van der Waals surface area contributed by atoms with Crippen molar-refractivity contribution in [1.82, 2.24) is 0 Å². The van der Waals surface area contributed by atoms with Crippen molar-refractivity contribution in [2.75, 3.05) is 0 Å². The molecule has 0 unspecified atom stereocenters. The molecule has 0 saturated carbocycles. The number of para-hydroxylation sites is 1. The predicted octanol–water partition coefficient (Wildman–Crippen LogP) is 8.76. The van der Waals surface area contributed by atoms with Crippen LogP contribution in [0.3, 0.4) is 0 Å². The third kappa shape index (κ3) is 4.77. The molecule has 0 amide bonds. The largest absolute Gasteiger partial charge is 0.456 e. The van der Waals surface area contributed by atoms with Crippen LogP contribution in [0.15, 0.2) is 154 Å². The summed E-state index contributed by atoms with van der Waals surface area (Å²) in [5, 5.41) is 4.37. The Bertz CT molecular complexity index is 2070. The highest BCUT2D eigenvalue weighted by molar-refractivity contribution is 6.19. The van der Waals surface area contributed by atoms with Crippen LogP contribution in [-0.4, -0.2) is 11.7 Å². The third-order valence-electron chi connectivity index (χ3n) is 7.39. The van der Waals surface area contributed by atoms with Gasteiger partial charge in [0.2, 0.25) is 0 Å². The molecule has 0 atom stereocenters. The van der Waals surface area contributed by atoms with Crippen LogP contribution >= 0.6 is 0 Å². The molecular formula is C37H27N3O. The lowest BCUT2D eigenvalue weighted by molar-refractivity contribution is 0.669. The number of aliphatic imine (C=N–C) groups is 2. The molecule has 4 nitrogen and oxygen atoms in total. The number of furan rings is 1. The number of hydrogen-bond donors (Lipinski definition) is 1. The van der Waals surface area contributed by atoms with Crippen molar-refractivity contribution < 1.29 is 4.42 Å². The van der Waals surface area contributed by atoms with Crippen molar-refractivity contribution in [2.24, 2.45) is 15.7 Å². The number of amidine groups is 2. The Morgan fingerprint density at radius 3 is 2.12 bits per heavy atom. The van der Waals surface area contributed by atoms with Crippen molar-refractivity contribution in [3.63, 3.8) is 0 Å². The van der Waals surface area contributed by atoms with E-state index in [4.69, 9.17) is 20.1 Å². The first-order chi connectivity index (χ1) is 20.2. The Hall–Kier alpha value is -5.48. The van der Waals surface area contributed by atoms with E-state index in [-0.39, 0.29) is 0 Å². The quantitative estimate of drug-likeness (QED) is 0.179. The molecule has 196 valence electrons. The Balaban J connectivity index is 1.46. The Labute approximate surface area is 238 Å². The molecule has 0 aliphatic carbocycles. The lowest BCUT2D eigenvalue weighted by Crippen LogP contribution is -2.17. The van der Waals surface area contributed by atoms with Gasteiger partial charge in [0.15, 0.2) is 5.84 Å². The van der Waals surface area contributed by atoms with Gasteiger partial charge in [0.25, 0.3) is 0 Å². The van der Waals surface area contributed by atoms with Gasteiger partial charge in [-0.1, -0.05) is 121 Å². The molecule has 0 saturated heterocycles. The van der Waals surface area contributed by atoms with Crippen LogP contribution in [0.1, 0.15) is 16.7 Å². The fourth-order valence-electron chi connectivity index (χ4n) is 5.35. The molecule has 0 spiro atoms. The zero-order valence-corrected chi connectivity index (χ0v) is 22.4. The number of rotatable bonds is 5. The van der Waals surface area contributed by atoms with Crippen molar-refractivity contribution >= 4 is 44.4 Å². The summed E-state index contributed by atoms with van der Waals surface area (Å²) in [6.07, 6.45) is 0. The zero-order chi connectivity index (χ0) is 27.6. The van der Waals surface area contributed by atoms with Gasteiger partial charge in [-0.3, -0.25) is 4.99 Å². The van der Waals surface area contributed by atoms with Gasteiger partial charge in [-0.05, 0) is 45.7 Å². The van der Waals surface area contributed by atoms with Crippen molar-refractivity contribution in [2.45, 2.75) is 6.54 Å². The second kappa shape index (κ2) is 10.6. The number of benzene rings is 6. The minimum absolute atomic E-state index is 0.420. The van der Waals surface area contributed by atoms with Crippen LogP contribution in [-0.2, 0) is 6.54 Å². The Morgan fingerprint density at radius 2 is 1.29 bits per heavy atom. The second-order valence-corrected chi connectivity index (χ2v) is 10.0. The summed E-state index contributed by atoms with van der Waals surface area (Å²) in [6, 6.07) is 47.2. The van der Waals surface area contributed by atoms with E-state index in [1.807, 2.05) is 66.7 Å². The van der Waals surface area contributed by atoms with E-state index in [0.29, 0.717) is 18.2 Å². The maximum absolute atomic E-state index is 6.61. The number of nitrogens with zero attached hydrogens (tertiary/aromatic N) is 2.